The van der Waals surface area contributed by atoms with Gasteiger partial charge < -0.3 is 30.9 Å². The highest BCUT2D eigenvalue weighted by atomic mass is 32.1. The first-order valence-corrected chi connectivity index (χ1v) is 15.6. The summed E-state index contributed by atoms with van der Waals surface area (Å²) in [5.41, 5.74) is 4.21. The average molecular weight is 617 g/mol. The summed E-state index contributed by atoms with van der Waals surface area (Å²) in [6.45, 7) is 5.90. The predicted octanol–water partition coefficient (Wildman–Crippen LogP) is 3.08. The number of nitrogens with zero attached hydrogens (tertiary/aromatic N) is 6. The molecule has 0 spiro atoms. The quantitative estimate of drug-likeness (QED) is 0.198. The van der Waals surface area contributed by atoms with Gasteiger partial charge in [-0.25, -0.2) is 14.4 Å². The number of nitrogens with one attached hydrogen (secondary N) is 2. The summed E-state index contributed by atoms with van der Waals surface area (Å²) in [4.78, 5) is 21.0. The first kappa shape index (κ1) is 28.8. The van der Waals surface area contributed by atoms with E-state index in [-0.39, 0.29) is 6.61 Å². The molecule has 44 heavy (non-hydrogen) atoms. The monoisotopic (exact) mass is 616 g/mol. The van der Waals surface area contributed by atoms with Crippen molar-refractivity contribution in [1.82, 2.24) is 19.9 Å². The minimum atomic E-state index is -1.06. The van der Waals surface area contributed by atoms with Gasteiger partial charge in [-0.15, -0.1) is 11.3 Å². The molecule has 0 bridgehead atoms. The summed E-state index contributed by atoms with van der Waals surface area (Å²) in [6, 6.07) is 7.89. The van der Waals surface area contributed by atoms with Crippen molar-refractivity contribution in [2.45, 2.75) is 38.5 Å². The Morgan fingerprint density at radius 1 is 1.09 bits per heavy atom. The number of halogens is 1. The number of pyridine rings is 1. The fourth-order valence-corrected chi connectivity index (χ4v) is 8.07. The second kappa shape index (κ2) is 11.2. The van der Waals surface area contributed by atoms with Crippen LogP contribution in [-0.4, -0.2) is 79.7 Å². The van der Waals surface area contributed by atoms with Crippen LogP contribution in [0, 0.1) is 54.7 Å². The molecule has 2 saturated carbocycles. The van der Waals surface area contributed by atoms with Crippen molar-refractivity contribution in [2.24, 2.45) is 23.7 Å². The Hall–Kier alpha value is -3.96. The van der Waals surface area contributed by atoms with Crippen molar-refractivity contribution < 1.29 is 19.7 Å². The lowest BCUT2D eigenvalue weighted by atomic mass is 10.1. The molecule has 13 heteroatoms. The molecule has 1 saturated heterocycles. The number of rotatable bonds is 8. The van der Waals surface area contributed by atoms with Crippen LogP contribution in [0.1, 0.15) is 23.4 Å². The zero-order valence-corrected chi connectivity index (χ0v) is 25.1. The minimum absolute atomic E-state index is 0.219. The smallest absolute Gasteiger partial charge is 0.224 e. The summed E-state index contributed by atoms with van der Waals surface area (Å²) in [5, 5.41) is 47.8. The van der Waals surface area contributed by atoms with Gasteiger partial charge in [-0.3, -0.25) is 4.98 Å². The van der Waals surface area contributed by atoms with E-state index in [1.165, 1.54) is 23.5 Å². The van der Waals surface area contributed by atoms with Gasteiger partial charge >= 0.3 is 0 Å². The van der Waals surface area contributed by atoms with E-state index in [2.05, 4.69) is 26.6 Å². The van der Waals surface area contributed by atoms with Crippen molar-refractivity contribution in [2.75, 3.05) is 41.8 Å². The molecular formula is C31H33FN8O3S. The number of hydrogen-bond donors (Lipinski definition) is 5. The summed E-state index contributed by atoms with van der Waals surface area (Å²) in [5.74, 6) is 1.46. The largest absolute Gasteiger partial charge is 0.396 e. The Bertz CT molecular complexity index is 1770. The Morgan fingerprint density at radius 2 is 1.89 bits per heavy atom. The van der Waals surface area contributed by atoms with E-state index in [0.29, 0.717) is 53.7 Å². The summed E-state index contributed by atoms with van der Waals surface area (Å²) >= 11 is 1.52. The topological polar surface area (TPSA) is 163 Å². The third-order valence-corrected chi connectivity index (χ3v) is 10.5. The van der Waals surface area contributed by atoms with Gasteiger partial charge in [-0.05, 0) is 62.3 Å². The van der Waals surface area contributed by atoms with Gasteiger partial charge in [0.15, 0.2) is 0 Å². The van der Waals surface area contributed by atoms with Crippen LogP contribution >= 0.6 is 11.3 Å². The minimum Gasteiger partial charge on any atom is -0.396 e. The zero-order valence-electron chi connectivity index (χ0n) is 24.3. The van der Waals surface area contributed by atoms with E-state index in [1.54, 1.807) is 12.3 Å². The number of aryl methyl sites for hydroxylation is 2. The predicted molar refractivity (Wildman–Crippen MR) is 165 cm³/mol. The van der Waals surface area contributed by atoms with E-state index in [0.717, 1.165) is 45.3 Å². The number of benzene rings is 1. The number of thiazole rings is 1. The Balaban J connectivity index is 1.11. The van der Waals surface area contributed by atoms with Crippen LogP contribution in [0.25, 0.3) is 20.8 Å². The van der Waals surface area contributed by atoms with Crippen molar-refractivity contribution in [1.29, 1.82) is 5.26 Å². The van der Waals surface area contributed by atoms with Gasteiger partial charge in [0.05, 0.1) is 45.0 Å². The highest BCUT2D eigenvalue weighted by Gasteiger charge is 2.55. The lowest BCUT2D eigenvalue weighted by Gasteiger charge is -2.23. The molecule has 6 atom stereocenters. The SMILES string of the molecule is Cc1nc(NCC2C3CN(c4ccc(F)cc4C#N)CC23)nc(NC2CC(CO)C(O)C2O)c1-c1nc2c(C)nccc2s1. The molecule has 6 unspecified atom stereocenters. The molecule has 4 aromatic rings. The second-order valence-corrected chi connectivity index (χ2v) is 13.1. The Morgan fingerprint density at radius 3 is 2.59 bits per heavy atom. The highest BCUT2D eigenvalue weighted by molar-refractivity contribution is 7.21. The number of aliphatic hydroxyl groups excluding tert-OH is 3. The number of piperidine rings is 1. The molecule has 0 amide bonds. The second-order valence-electron chi connectivity index (χ2n) is 12.1. The van der Waals surface area contributed by atoms with Gasteiger partial charge in [-0.2, -0.15) is 10.2 Å². The molecule has 1 aromatic carbocycles. The van der Waals surface area contributed by atoms with Crippen LogP contribution in [-0.2, 0) is 0 Å². The molecule has 228 valence electrons. The molecule has 3 aliphatic rings. The van der Waals surface area contributed by atoms with Crippen LogP contribution in [0.4, 0.5) is 21.8 Å². The number of aliphatic hydroxyl groups is 3. The van der Waals surface area contributed by atoms with Gasteiger partial charge in [0, 0.05) is 38.4 Å². The van der Waals surface area contributed by atoms with E-state index in [1.807, 2.05) is 19.9 Å². The van der Waals surface area contributed by atoms with Gasteiger partial charge in [0.25, 0.3) is 0 Å². The lowest BCUT2D eigenvalue weighted by Crippen LogP contribution is -2.35. The van der Waals surface area contributed by atoms with E-state index >= 15 is 0 Å². The first-order valence-electron chi connectivity index (χ1n) is 14.8. The third-order valence-electron chi connectivity index (χ3n) is 9.44. The van der Waals surface area contributed by atoms with Crippen LogP contribution in [0.5, 0.6) is 0 Å². The molecule has 4 heterocycles. The molecule has 3 aromatic heterocycles. The van der Waals surface area contributed by atoms with Crippen molar-refractivity contribution in [3.63, 3.8) is 0 Å². The normalized spacial score (nSPS) is 27.4. The van der Waals surface area contributed by atoms with Crippen molar-refractivity contribution in [3.05, 3.63) is 53.2 Å². The molecule has 5 N–H and O–H groups in total. The van der Waals surface area contributed by atoms with E-state index in [9.17, 15) is 25.0 Å². The van der Waals surface area contributed by atoms with Crippen LogP contribution in [0.2, 0.25) is 0 Å². The number of nitriles is 1. The Labute approximate surface area is 257 Å². The first-order chi connectivity index (χ1) is 21.2. The number of anilines is 3. The maximum Gasteiger partial charge on any atom is 0.224 e. The van der Waals surface area contributed by atoms with Crippen LogP contribution < -0.4 is 15.5 Å². The fraction of sp³-hybridized carbons (Fsp3) is 0.452. The Kier molecular flexibility index (Phi) is 7.32. The molecule has 0 radical (unpaired) electrons. The maximum atomic E-state index is 13.6. The maximum absolute atomic E-state index is 13.6. The van der Waals surface area contributed by atoms with E-state index in [4.69, 9.17) is 15.0 Å². The molecule has 7 rings (SSSR count). The van der Waals surface area contributed by atoms with Gasteiger partial charge in [-0.1, -0.05) is 0 Å². The highest BCUT2D eigenvalue weighted by Crippen LogP contribution is 2.53. The summed E-state index contributed by atoms with van der Waals surface area (Å²) in [6.07, 6.45) is 0.0430. The van der Waals surface area contributed by atoms with Crippen molar-refractivity contribution >= 4 is 39.0 Å². The molecular weight excluding hydrogens is 583 g/mol. The molecule has 1 aliphatic heterocycles. The van der Waals surface area contributed by atoms with E-state index < -0.39 is 30.0 Å². The zero-order chi connectivity index (χ0) is 30.7. The number of fused-ring (bicyclic) bond motifs is 2. The van der Waals surface area contributed by atoms with Gasteiger partial charge in [0.1, 0.15) is 34.3 Å². The summed E-state index contributed by atoms with van der Waals surface area (Å²) in [7, 11) is 0. The average Bonchev–Trinajstić information content (AvgIpc) is 3.33. The van der Waals surface area contributed by atoms with Crippen LogP contribution in [0.3, 0.4) is 0 Å². The molecule has 3 fully saturated rings. The molecule has 2 aliphatic carbocycles. The standard InChI is InChI=1S/C31H33FN8O3S/c1-14-25(30-38-26-15(2)34-6-5-24(26)44-30)29(37-22-8-17(13-41)27(42)28(22)43)39-31(36-14)35-10-19-20-11-40(12-21(19)20)23-4-3-18(32)7-16(23)9-33/h3-7,17,19-22,27-28,41-43H,8,10-13H2,1-2H3,(H2,35,36,37,39). The third kappa shape index (κ3) is 5.01. The number of aromatic nitrogens is 4. The fourth-order valence-electron chi connectivity index (χ4n) is 6.96. The molecule has 11 nitrogen and oxygen atoms in total. The summed E-state index contributed by atoms with van der Waals surface area (Å²) < 4.78 is 14.6. The number of hydrogen-bond acceptors (Lipinski definition) is 12. The van der Waals surface area contributed by atoms with Crippen molar-refractivity contribution in [3.8, 4) is 16.6 Å². The lowest BCUT2D eigenvalue weighted by molar-refractivity contribution is 0.00446. The van der Waals surface area contributed by atoms with Gasteiger partial charge in [0.2, 0.25) is 5.95 Å². The van der Waals surface area contributed by atoms with Crippen LogP contribution in [0.15, 0.2) is 30.5 Å².